The lowest BCUT2D eigenvalue weighted by Crippen LogP contribution is -2.29. The molecule has 0 atom stereocenters. The lowest BCUT2D eigenvalue weighted by molar-refractivity contribution is -0.385. The van der Waals surface area contributed by atoms with Crippen LogP contribution in [0.1, 0.15) is 6.42 Å². The van der Waals surface area contributed by atoms with Crippen LogP contribution in [0.25, 0.3) is 0 Å². The Kier molecular flexibility index (Phi) is 4.14. The van der Waals surface area contributed by atoms with Crippen molar-refractivity contribution in [1.29, 1.82) is 0 Å². The zero-order valence-corrected chi connectivity index (χ0v) is 8.70. The van der Waals surface area contributed by atoms with Crippen LogP contribution < -0.4 is 5.32 Å². The number of rotatable bonds is 6. The van der Waals surface area contributed by atoms with Gasteiger partial charge >= 0.3 is 11.7 Å². The van der Waals surface area contributed by atoms with Crippen LogP contribution in [-0.4, -0.2) is 38.2 Å². The third kappa shape index (κ3) is 4.28. The van der Waals surface area contributed by atoms with Crippen molar-refractivity contribution in [2.24, 2.45) is 0 Å². The van der Waals surface area contributed by atoms with E-state index < -0.39 is 16.8 Å². The molecule has 9 nitrogen and oxygen atoms in total. The Morgan fingerprint density at radius 3 is 2.82 bits per heavy atom. The minimum absolute atomic E-state index is 0.0114. The number of hydrogen-bond acceptors (Lipinski definition) is 5. The summed E-state index contributed by atoms with van der Waals surface area (Å²) in [6.07, 6.45) is 1.98. The van der Waals surface area contributed by atoms with Gasteiger partial charge in [-0.05, 0) is 0 Å². The molecule has 1 amide bonds. The molecule has 17 heavy (non-hydrogen) atoms. The van der Waals surface area contributed by atoms with Crippen LogP contribution in [-0.2, 0) is 16.1 Å². The second-order valence-electron chi connectivity index (χ2n) is 3.15. The van der Waals surface area contributed by atoms with Crippen LogP contribution in [0.15, 0.2) is 12.4 Å². The Morgan fingerprint density at radius 1 is 1.59 bits per heavy atom. The zero-order chi connectivity index (χ0) is 12.8. The average molecular weight is 242 g/mol. The number of nitro groups is 1. The molecular weight excluding hydrogens is 232 g/mol. The molecule has 0 saturated heterocycles. The Morgan fingerprint density at radius 2 is 2.29 bits per heavy atom. The number of carboxylic acids is 1. The molecule has 2 N–H and O–H groups in total. The molecule has 0 radical (unpaired) electrons. The van der Waals surface area contributed by atoms with Crippen molar-refractivity contribution in [3.8, 4) is 0 Å². The van der Waals surface area contributed by atoms with Crippen LogP contribution in [0.2, 0.25) is 0 Å². The van der Waals surface area contributed by atoms with E-state index >= 15 is 0 Å². The maximum atomic E-state index is 11.2. The summed E-state index contributed by atoms with van der Waals surface area (Å²) < 4.78 is 1.11. The smallest absolute Gasteiger partial charge is 0.307 e. The second-order valence-corrected chi connectivity index (χ2v) is 3.15. The SMILES string of the molecule is O=C(O)CCNC(=O)Cn1cc([N+](=O)[O-])cn1. The Labute approximate surface area is 95.2 Å². The Balaban J connectivity index is 2.39. The normalized spacial score (nSPS) is 9.88. The fourth-order valence-electron chi connectivity index (χ4n) is 1.05. The number of nitrogens with one attached hydrogen (secondary N) is 1. The van der Waals surface area contributed by atoms with Crippen LogP contribution in [0.4, 0.5) is 5.69 Å². The van der Waals surface area contributed by atoms with E-state index in [1.165, 1.54) is 0 Å². The van der Waals surface area contributed by atoms with E-state index in [9.17, 15) is 19.7 Å². The molecule has 0 bridgehead atoms. The molecule has 0 aliphatic carbocycles. The first kappa shape index (κ1) is 12.6. The summed E-state index contributed by atoms with van der Waals surface area (Å²) in [6.45, 7) is -0.176. The number of nitrogens with zero attached hydrogens (tertiary/aromatic N) is 3. The van der Waals surface area contributed by atoms with Gasteiger partial charge in [-0.15, -0.1) is 0 Å². The zero-order valence-electron chi connectivity index (χ0n) is 8.70. The van der Waals surface area contributed by atoms with E-state index in [1.807, 2.05) is 0 Å². The Hall–Kier alpha value is -2.45. The fraction of sp³-hybridized carbons (Fsp3) is 0.375. The molecule has 1 aromatic rings. The van der Waals surface area contributed by atoms with Crippen molar-refractivity contribution in [3.63, 3.8) is 0 Å². The number of amides is 1. The van der Waals surface area contributed by atoms with E-state index in [-0.39, 0.29) is 25.2 Å². The van der Waals surface area contributed by atoms with Gasteiger partial charge in [0, 0.05) is 6.54 Å². The number of carboxylic acid groups (broad SMARTS) is 1. The van der Waals surface area contributed by atoms with E-state index in [0.29, 0.717) is 0 Å². The highest BCUT2D eigenvalue weighted by Gasteiger charge is 2.10. The van der Waals surface area contributed by atoms with E-state index in [4.69, 9.17) is 5.11 Å². The first-order valence-electron chi connectivity index (χ1n) is 4.64. The van der Waals surface area contributed by atoms with Gasteiger partial charge in [0.2, 0.25) is 5.91 Å². The van der Waals surface area contributed by atoms with Crippen LogP contribution in [0.3, 0.4) is 0 Å². The quantitative estimate of drug-likeness (QED) is 0.505. The summed E-state index contributed by atoms with van der Waals surface area (Å²) in [5.74, 6) is -1.47. The largest absolute Gasteiger partial charge is 0.481 e. The number of carbonyl (C=O) groups excluding carboxylic acids is 1. The highest BCUT2D eigenvalue weighted by atomic mass is 16.6. The van der Waals surface area contributed by atoms with Crippen molar-refractivity contribution < 1.29 is 19.6 Å². The molecule has 0 aromatic carbocycles. The lowest BCUT2D eigenvalue weighted by atomic mass is 10.4. The van der Waals surface area contributed by atoms with Crippen molar-refractivity contribution >= 4 is 17.6 Å². The van der Waals surface area contributed by atoms with Gasteiger partial charge in [0.15, 0.2) is 0 Å². The monoisotopic (exact) mass is 242 g/mol. The molecule has 0 saturated carbocycles. The molecule has 92 valence electrons. The summed E-state index contributed by atoms with van der Waals surface area (Å²) in [6, 6.07) is 0. The molecule has 0 aliphatic heterocycles. The van der Waals surface area contributed by atoms with Gasteiger partial charge in [0.1, 0.15) is 18.9 Å². The summed E-state index contributed by atoms with van der Waals surface area (Å²) in [4.78, 5) is 31.1. The minimum atomic E-state index is -1.01. The third-order valence-electron chi connectivity index (χ3n) is 1.80. The molecule has 0 unspecified atom stereocenters. The summed E-state index contributed by atoms with van der Waals surface area (Å²) in [5.41, 5.74) is -0.205. The highest BCUT2D eigenvalue weighted by Crippen LogP contribution is 2.07. The van der Waals surface area contributed by atoms with Crippen molar-refractivity contribution in [2.75, 3.05) is 6.54 Å². The molecule has 0 spiro atoms. The topological polar surface area (TPSA) is 127 Å². The van der Waals surface area contributed by atoms with Crippen LogP contribution >= 0.6 is 0 Å². The maximum absolute atomic E-state index is 11.2. The standard InChI is InChI=1S/C8H10N4O5/c13-7(9-2-1-8(14)15)5-11-4-6(3-10-11)12(16)17/h3-4H,1-2,5H2,(H,9,13)(H,14,15). The summed E-state index contributed by atoms with van der Waals surface area (Å²) in [7, 11) is 0. The molecule has 1 aromatic heterocycles. The van der Waals surface area contributed by atoms with Gasteiger partial charge in [0.05, 0.1) is 11.3 Å². The number of hydrogen-bond donors (Lipinski definition) is 2. The molecular formula is C8H10N4O5. The van der Waals surface area contributed by atoms with Crippen LogP contribution in [0.5, 0.6) is 0 Å². The van der Waals surface area contributed by atoms with E-state index in [0.717, 1.165) is 17.1 Å². The van der Waals surface area contributed by atoms with Crippen LogP contribution in [0, 0.1) is 10.1 Å². The van der Waals surface area contributed by atoms with Crippen molar-refractivity contribution in [2.45, 2.75) is 13.0 Å². The number of aromatic nitrogens is 2. The average Bonchev–Trinajstić information content (AvgIpc) is 2.65. The molecule has 0 fully saturated rings. The van der Waals surface area contributed by atoms with Gasteiger partial charge in [-0.1, -0.05) is 0 Å². The summed E-state index contributed by atoms with van der Waals surface area (Å²) in [5, 5.41) is 24.6. The van der Waals surface area contributed by atoms with Gasteiger partial charge in [-0.3, -0.25) is 24.4 Å². The predicted molar refractivity (Wildman–Crippen MR) is 54.1 cm³/mol. The van der Waals surface area contributed by atoms with Gasteiger partial charge in [-0.25, -0.2) is 0 Å². The van der Waals surface area contributed by atoms with E-state index in [1.54, 1.807) is 0 Å². The first-order chi connectivity index (χ1) is 7.99. The third-order valence-corrected chi connectivity index (χ3v) is 1.80. The highest BCUT2D eigenvalue weighted by molar-refractivity contribution is 5.76. The van der Waals surface area contributed by atoms with Gasteiger partial charge in [-0.2, -0.15) is 5.10 Å². The Bertz CT molecular complexity index is 441. The van der Waals surface area contributed by atoms with Crippen molar-refractivity contribution in [1.82, 2.24) is 15.1 Å². The van der Waals surface area contributed by atoms with Crippen molar-refractivity contribution in [3.05, 3.63) is 22.5 Å². The predicted octanol–water partition coefficient (Wildman–Crippen LogP) is -0.618. The first-order valence-corrected chi connectivity index (χ1v) is 4.64. The number of aliphatic carboxylic acids is 1. The second kappa shape index (κ2) is 5.58. The molecule has 1 rings (SSSR count). The minimum Gasteiger partial charge on any atom is -0.481 e. The summed E-state index contributed by atoms with van der Waals surface area (Å²) >= 11 is 0. The molecule has 1 heterocycles. The molecule has 0 aliphatic rings. The van der Waals surface area contributed by atoms with E-state index in [2.05, 4.69) is 10.4 Å². The number of carbonyl (C=O) groups is 2. The van der Waals surface area contributed by atoms with Gasteiger partial charge in [0.25, 0.3) is 0 Å². The fourth-order valence-corrected chi connectivity index (χ4v) is 1.05. The molecule has 9 heteroatoms. The van der Waals surface area contributed by atoms with Gasteiger partial charge < -0.3 is 10.4 Å². The maximum Gasteiger partial charge on any atom is 0.307 e. The lowest BCUT2D eigenvalue weighted by Gasteiger charge is -2.02.